The molecule has 0 unspecified atom stereocenters. The molecule has 0 spiro atoms. The molecule has 1 heterocycles. The number of carboxylic acids is 1. The van der Waals surface area contributed by atoms with Gasteiger partial charge in [-0.25, -0.2) is 4.79 Å². The van der Waals surface area contributed by atoms with Gasteiger partial charge in [0.15, 0.2) is 0 Å². The Balaban J connectivity index is 2.67. The molecular weight excluding hydrogens is 184 g/mol. The summed E-state index contributed by atoms with van der Waals surface area (Å²) in [4.78, 5) is 25.6. The molecule has 1 aromatic rings. The highest BCUT2D eigenvalue weighted by Crippen LogP contribution is 2.07. The minimum atomic E-state index is -1.14. The van der Waals surface area contributed by atoms with Gasteiger partial charge in [0.2, 0.25) is 0 Å². The van der Waals surface area contributed by atoms with Crippen LogP contribution in [0.3, 0.4) is 0 Å². The van der Waals surface area contributed by atoms with E-state index >= 15 is 0 Å². The zero-order valence-corrected chi connectivity index (χ0v) is 7.60. The van der Waals surface area contributed by atoms with Crippen LogP contribution in [0.25, 0.3) is 0 Å². The van der Waals surface area contributed by atoms with Crippen LogP contribution in [-0.2, 0) is 9.59 Å². The summed E-state index contributed by atoms with van der Waals surface area (Å²) in [6.07, 6.45) is 3.49. The second kappa shape index (κ2) is 4.27. The van der Waals surface area contributed by atoms with Gasteiger partial charge in [-0.3, -0.25) is 9.69 Å². The van der Waals surface area contributed by atoms with Crippen molar-refractivity contribution in [1.82, 2.24) is 4.98 Å². The number of aromatic nitrogens is 1. The largest absolute Gasteiger partial charge is 0.478 e. The Bertz CT molecular complexity index is 354. The third-order valence-corrected chi connectivity index (χ3v) is 1.64. The molecule has 0 aliphatic rings. The second-order valence-corrected chi connectivity index (χ2v) is 2.62. The fourth-order valence-corrected chi connectivity index (χ4v) is 0.903. The lowest BCUT2D eigenvalue weighted by Crippen LogP contribution is -2.24. The Morgan fingerprint density at radius 3 is 2.71 bits per heavy atom. The van der Waals surface area contributed by atoms with E-state index in [-0.39, 0.29) is 0 Å². The number of nitrogens with zero attached hydrogens (tertiary/aromatic N) is 1. The molecule has 5 nitrogen and oxygen atoms in total. The van der Waals surface area contributed by atoms with E-state index < -0.39 is 11.9 Å². The molecule has 0 atom stereocenters. The van der Waals surface area contributed by atoms with Crippen molar-refractivity contribution in [3.05, 3.63) is 30.5 Å². The topological polar surface area (TPSA) is 73.4 Å². The van der Waals surface area contributed by atoms with Crippen molar-refractivity contribution in [3.63, 3.8) is 0 Å². The van der Waals surface area contributed by atoms with E-state index in [1.165, 1.54) is 4.90 Å². The number of H-pyrrole nitrogens is 1. The fourth-order valence-electron chi connectivity index (χ4n) is 0.903. The van der Waals surface area contributed by atoms with E-state index in [0.29, 0.717) is 5.82 Å². The molecule has 0 aliphatic heterocycles. The van der Waals surface area contributed by atoms with Crippen LogP contribution in [0.1, 0.15) is 0 Å². The summed E-state index contributed by atoms with van der Waals surface area (Å²) in [6.45, 7) is 0. The Morgan fingerprint density at radius 1 is 1.50 bits per heavy atom. The van der Waals surface area contributed by atoms with Crippen LogP contribution in [0.4, 0.5) is 5.82 Å². The lowest BCUT2D eigenvalue weighted by atomic mass is 10.4. The van der Waals surface area contributed by atoms with Gasteiger partial charge in [-0.2, -0.15) is 0 Å². The van der Waals surface area contributed by atoms with Crippen molar-refractivity contribution >= 4 is 17.7 Å². The molecule has 0 aliphatic carbocycles. The maximum Gasteiger partial charge on any atom is 0.328 e. The zero-order valence-electron chi connectivity index (χ0n) is 7.60. The van der Waals surface area contributed by atoms with Crippen LogP contribution in [0, 0.1) is 0 Å². The number of amides is 1. The van der Waals surface area contributed by atoms with Crippen molar-refractivity contribution in [2.45, 2.75) is 0 Å². The summed E-state index contributed by atoms with van der Waals surface area (Å²) in [6, 6.07) is 3.46. The summed E-state index contributed by atoms with van der Waals surface area (Å²) in [5.41, 5.74) is 0. The number of rotatable bonds is 3. The molecule has 74 valence electrons. The van der Waals surface area contributed by atoms with E-state index in [1.54, 1.807) is 25.4 Å². The zero-order chi connectivity index (χ0) is 10.6. The van der Waals surface area contributed by atoms with Crippen molar-refractivity contribution in [3.8, 4) is 0 Å². The standard InChI is InChI=1S/C9H10N2O3/c1-11(7-3-2-6-10-7)8(12)4-5-9(13)14/h2-6,10H,1H3,(H,13,14)/b5-4+. The van der Waals surface area contributed by atoms with Gasteiger partial charge < -0.3 is 10.1 Å². The van der Waals surface area contributed by atoms with E-state index in [1.807, 2.05) is 0 Å². The molecule has 0 saturated carbocycles. The summed E-state index contributed by atoms with van der Waals surface area (Å²) in [5, 5.41) is 8.31. The normalized spacial score (nSPS) is 10.4. The molecular formula is C9H10N2O3. The number of carbonyl (C=O) groups is 2. The minimum Gasteiger partial charge on any atom is -0.478 e. The van der Waals surface area contributed by atoms with Gasteiger partial charge in [0.25, 0.3) is 5.91 Å². The van der Waals surface area contributed by atoms with Gasteiger partial charge in [-0.15, -0.1) is 0 Å². The van der Waals surface area contributed by atoms with Crippen LogP contribution in [-0.4, -0.2) is 29.0 Å². The lowest BCUT2D eigenvalue weighted by molar-refractivity contribution is -0.131. The van der Waals surface area contributed by atoms with E-state index in [9.17, 15) is 9.59 Å². The number of hydrogen-bond donors (Lipinski definition) is 2. The monoisotopic (exact) mass is 194 g/mol. The molecule has 1 aromatic heterocycles. The number of carboxylic acid groups (broad SMARTS) is 1. The van der Waals surface area contributed by atoms with Crippen LogP contribution in [0.2, 0.25) is 0 Å². The number of anilines is 1. The fraction of sp³-hybridized carbons (Fsp3) is 0.111. The highest BCUT2D eigenvalue weighted by Gasteiger charge is 2.07. The van der Waals surface area contributed by atoms with Crippen molar-refractivity contribution in [2.24, 2.45) is 0 Å². The first-order valence-electron chi connectivity index (χ1n) is 3.93. The summed E-state index contributed by atoms with van der Waals surface area (Å²) in [5.74, 6) is -0.918. The first kappa shape index (κ1) is 10.0. The number of aromatic amines is 1. The van der Waals surface area contributed by atoms with Gasteiger partial charge in [0, 0.05) is 25.4 Å². The van der Waals surface area contributed by atoms with Crippen LogP contribution >= 0.6 is 0 Å². The van der Waals surface area contributed by atoms with Gasteiger partial charge >= 0.3 is 5.97 Å². The number of carbonyl (C=O) groups excluding carboxylic acids is 1. The molecule has 0 saturated heterocycles. The average Bonchev–Trinajstić information content (AvgIpc) is 2.65. The highest BCUT2D eigenvalue weighted by atomic mass is 16.4. The highest BCUT2D eigenvalue weighted by molar-refractivity contribution is 6.03. The molecule has 0 radical (unpaired) electrons. The molecule has 1 amide bonds. The predicted molar refractivity (Wildman–Crippen MR) is 51.0 cm³/mol. The molecule has 1 rings (SSSR count). The summed E-state index contributed by atoms with van der Waals surface area (Å²) in [7, 11) is 1.56. The molecule has 0 aromatic carbocycles. The number of hydrogen-bond acceptors (Lipinski definition) is 2. The van der Waals surface area contributed by atoms with Crippen molar-refractivity contribution in [2.75, 3.05) is 11.9 Å². The lowest BCUT2D eigenvalue weighted by Gasteiger charge is -2.11. The molecule has 0 bridgehead atoms. The summed E-state index contributed by atoms with van der Waals surface area (Å²) < 4.78 is 0. The SMILES string of the molecule is CN(C(=O)/C=C/C(=O)O)c1ccc[nH]1. The number of aliphatic carboxylic acids is 1. The third kappa shape index (κ3) is 2.48. The van der Waals surface area contributed by atoms with Gasteiger partial charge in [-0.05, 0) is 12.1 Å². The maximum absolute atomic E-state index is 11.3. The Morgan fingerprint density at radius 2 is 2.21 bits per heavy atom. The van der Waals surface area contributed by atoms with Crippen LogP contribution in [0.15, 0.2) is 30.5 Å². The van der Waals surface area contributed by atoms with Crippen LogP contribution < -0.4 is 4.90 Å². The number of likely N-dealkylation sites (N-methyl/N-ethyl adjacent to an activating group) is 1. The smallest absolute Gasteiger partial charge is 0.328 e. The van der Waals surface area contributed by atoms with Gasteiger partial charge in [0.05, 0.1) is 0 Å². The maximum atomic E-state index is 11.3. The Kier molecular flexibility index (Phi) is 3.06. The summed E-state index contributed by atoms with van der Waals surface area (Å²) >= 11 is 0. The molecule has 14 heavy (non-hydrogen) atoms. The van der Waals surface area contributed by atoms with Gasteiger partial charge in [0.1, 0.15) is 5.82 Å². The third-order valence-electron chi connectivity index (χ3n) is 1.64. The van der Waals surface area contributed by atoms with Crippen molar-refractivity contribution in [1.29, 1.82) is 0 Å². The Labute approximate surface area is 80.7 Å². The Hall–Kier alpha value is -2.04. The van der Waals surface area contributed by atoms with E-state index in [0.717, 1.165) is 12.2 Å². The second-order valence-electron chi connectivity index (χ2n) is 2.62. The first-order chi connectivity index (χ1) is 6.61. The van der Waals surface area contributed by atoms with Gasteiger partial charge in [-0.1, -0.05) is 0 Å². The quantitative estimate of drug-likeness (QED) is 0.692. The average molecular weight is 194 g/mol. The van der Waals surface area contributed by atoms with Crippen LogP contribution in [0.5, 0.6) is 0 Å². The van der Waals surface area contributed by atoms with E-state index in [2.05, 4.69) is 4.98 Å². The molecule has 5 heteroatoms. The first-order valence-corrected chi connectivity index (χ1v) is 3.93. The van der Waals surface area contributed by atoms with Crippen molar-refractivity contribution < 1.29 is 14.7 Å². The minimum absolute atomic E-state index is 0.394. The van der Waals surface area contributed by atoms with E-state index in [4.69, 9.17) is 5.11 Å². The number of nitrogens with one attached hydrogen (secondary N) is 1. The predicted octanol–water partition coefficient (Wildman–Crippen LogP) is 0.618. The molecule has 2 N–H and O–H groups in total. The molecule has 0 fully saturated rings.